The normalized spacial score (nSPS) is 12.9. The lowest BCUT2D eigenvalue weighted by atomic mass is 10.3. The van der Waals surface area contributed by atoms with Crippen LogP contribution in [0.25, 0.3) is 0 Å². The first-order valence-corrected chi connectivity index (χ1v) is 5.35. The minimum Gasteiger partial charge on any atom is -0.387 e. The van der Waals surface area contributed by atoms with Crippen molar-refractivity contribution in [1.29, 1.82) is 0 Å². The van der Waals surface area contributed by atoms with Crippen molar-refractivity contribution in [2.75, 3.05) is 0 Å². The Morgan fingerprint density at radius 2 is 2.38 bits per heavy atom. The lowest BCUT2D eigenvalue weighted by Crippen LogP contribution is -2.06. The summed E-state index contributed by atoms with van der Waals surface area (Å²) in [5.41, 5.74) is 0.844. The molecule has 86 valence electrons. The summed E-state index contributed by atoms with van der Waals surface area (Å²) >= 11 is 0. The van der Waals surface area contributed by atoms with Crippen LogP contribution >= 0.6 is 0 Å². The largest absolute Gasteiger partial charge is 0.387 e. The van der Waals surface area contributed by atoms with Crippen molar-refractivity contribution in [3.63, 3.8) is 0 Å². The Morgan fingerprint density at radius 1 is 1.56 bits per heavy atom. The molecule has 1 unspecified atom stereocenters. The molecule has 2 rings (SSSR count). The van der Waals surface area contributed by atoms with Crippen molar-refractivity contribution in [3.8, 4) is 0 Å². The van der Waals surface area contributed by atoms with E-state index >= 15 is 0 Å². The highest BCUT2D eigenvalue weighted by molar-refractivity contribution is 5.10. The predicted octanol–water partition coefficient (Wildman–Crippen LogP) is 1.54. The highest BCUT2D eigenvalue weighted by atomic mass is 16.5. The van der Waals surface area contributed by atoms with E-state index in [1.54, 1.807) is 6.92 Å². The molecule has 0 spiro atoms. The van der Waals surface area contributed by atoms with E-state index in [1.807, 2.05) is 29.8 Å². The van der Waals surface area contributed by atoms with Crippen molar-refractivity contribution in [3.05, 3.63) is 35.7 Å². The second-order valence-electron chi connectivity index (χ2n) is 3.69. The Bertz CT molecular complexity index is 459. The number of aryl methyl sites for hydroxylation is 1. The smallest absolute Gasteiger partial charge is 0.246 e. The van der Waals surface area contributed by atoms with Crippen molar-refractivity contribution in [1.82, 2.24) is 14.7 Å². The number of rotatable bonds is 4. The van der Waals surface area contributed by atoms with E-state index in [0.717, 1.165) is 12.1 Å². The number of hydrogen-bond donors (Lipinski definition) is 1. The molecule has 2 aromatic rings. The van der Waals surface area contributed by atoms with Gasteiger partial charge in [0.1, 0.15) is 6.54 Å². The molecule has 0 radical (unpaired) electrons. The second kappa shape index (κ2) is 4.49. The third-order valence-electron chi connectivity index (χ3n) is 2.42. The van der Waals surface area contributed by atoms with Gasteiger partial charge in [-0.15, -0.1) is 0 Å². The lowest BCUT2D eigenvalue weighted by molar-refractivity contribution is 0.189. The van der Waals surface area contributed by atoms with Crippen LogP contribution in [0.5, 0.6) is 0 Å². The van der Waals surface area contributed by atoms with E-state index in [-0.39, 0.29) is 0 Å². The standard InChI is InChI=1S/C11H15N3O2/c1-3-10-12-11(16-13-10)7-14-6-4-5-9(14)8(2)15/h4-6,8,15H,3,7H2,1-2H3. The first-order valence-electron chi connectivity index (χ1n) is 5.35. The van der Waals surface area contributed by atoms with Gasteiger partial charge < -0.3 is 14.2 Å². The average Bonchev–Trinajstić information content (AvgIpc) is 2.87. The number of nitrogens with zero attached hydrogens (tertiary/aromatic N) is 3. The number of hydrogen-bond acceptors (Lipinski definition) is 4. The third kappa shape index (κ3) is 2.14. The van der Waals surface area contributed by atoms with E-state index in [2.05, 4.69) is 10.1 Å². The quantitative estimate of drug-likeness (QED) is 0.850. The Kier molecular flexibility index (Phi) is 3.05. The molecule has 0 aliphatic rings. The van der Waals surface area contributed by atoms with Crippen LogP contribution in [0.2, 0.25) is 0 Å². The van der Waals surface area contributed by atoms with E-state index in [9.17, 15) is 5.11 Å². The van der Waals surface area contributed by atoms with Crippen LogP contribution in [0, 0.1) is 0 Å². The molecule has 5 nitrogen and oxygen atoms in total. The third-order valence-corrected chi connectivity index (χ3v) is 2.42. The van der Waals surface area contributed by atoms with Gasteiger partial charge in [0.05, 0.1) is 6.10 Å². The highest BCUT2D eigenvalue weighted by Gasteiger charge is 2.10. The van der Waals surface area contributed by atoms with Gasteiger partial charge in [-0.2, -0.15) is 4.98 Å². The molecule has 0 saturated carbocycles. The van der Waals surface area contributed by atoms with E-state index in [0.29, 0.717) is 18.3 Å². The van der Waals surface area contributed by atoms with Crippen LogP contribution in [0.1, 0.15) is 37.4 Å². The predicted molar refractivity (Wildman–Crippen MR) is 57.8 cm³/mol. The van der Waals surface area contributed by atoms with Gasteiger partial charge in [-0.3, -0.25) is 0 Å². The van der Waals surface area contributed by atoms with Gasteiger partial charge in [0.2, 0.25) is 5.89 Å². The van der Waals surface area contributed by atoms with Gasteiger partial charge in [0.25, 0.3) is 0 Å². The van der Waals surface area contributed by atoms with Crippen LogP contribution in [-0.4, -0.2) is 19.8 Å². The fraction of sp³-hybridized carbons (Fsp3) is 0.455. The maximum Gasteiger partial charge on any atom is 0.246 e. The molecule has 0 amide bonds. The fourth-order valence-electron chi connectivity index (χ4n) is 1.59. The topological polar surface area (TPSA) is 64.1 Å². The minimum absolute atomic E-state index is 0.497. The van der Waals surface area contributed by atoms with Crippen LogP contribution in [0.4, 0.5) is 0 Å². The number of aromatic nitrogens is 3. The maximum atomic E-state index is 9.54. The Hall–Kier alpha value is -1.62. The maximum absolute atomic E-state index is 9.54. The molecule has 0 fully saturated rings. The SMILES string of the molecule is CCc1noc(Cn2cccc2C(C)O)n1. The molecule has 1 atom stereocenters. The molecular weight excluding hydrogens is 206 g/mol. The molecule has 0 aromatic carbocycles. The number of aliphatic hydroxyl groups is 1. The van der Waals surface area contributed by atoms with E-state index in [4.69, 9.17) is 4.52 Å². The summed E-state index contributed by atoms with van der Waals surface area (Å²) in [6.07, 6.45) is 2.15. The van der Waals surface area contributed by atoms with Crippen molar-refractivity contribution < 1.29 is 9.63 Å². The van der Waals surface area contributed by atoms with Crippen molar-refractivity contribution in [2.24, 2.45) is 0 Å². The van der Waals surface area contributed by atoms with Gasteiger partial charge in [-0.05, 0) is 19.1 Å². The second-order valence-corrected chi connectivity index (χ2v) is 3.69. The van der Waals surface area contributed by atoms with Gasteiger partial charge in [-0.1, -0.05) is 12.1 Å². The summed E-state index contributed by atoms with van der Waals surface area (Å²) in [7, 11) is 0. The monoisotopic (exact) mass is 221 g/mol. The van der Waals surface area contributed by atoms with Crippen molar-refractivity contribution >= 4 is 0 Å². The van der Waals surface area contributed by atoms with E-state index < -0.39 is 6.10 Å². The van der Waals surface area contributed by atoms with Crippen LogP contribution < -0.4 is 0 Å². The summed E-state index contributed by atoms with van der Waals surface area (Å²) < 4.78 is 7.00. The molecule has 5 heteroatoms. The van der Waals surface area contributed by atoms with E-state index in [1.165, 1.54) is 0 Å². The Labute approximate surface area is 93.7 Å². The molecule has 2 aromatic heterocycles. The average molecular weight is 221 g/mol. The molecule has 16 heavy (non-hydrogen) atoms. The summed E-state index contributed by atoms with van der Waals surface area (Å²) in [5, 5.41) is 13.4. The molecule has 2 heterocycles. The fourth-order valence-corrected chi connectivity index (χ4v) is 1.59. The minimum atomic E-state index is -0.497. The molecular formula is C11H15N3O2. The molecule has 0 saturated heterocycles. The number of aliphatic hydroxyl groups excluding tert-OH is 1. The summed E-state index contributed by atoms with van der Waals surface area (Å²) in [4.78, 5) is 4.22. The van der Waals surface area contributed by atoms with Crippen LogP contribution in [0.3, 0.4) is 0 Å². The molecule has 0 aliphatic carbocycles. The summed E-state index contributed by atoms with van der Waals surface area (Å²) in [6, 6.07) is 3.76. The van der Waals surface area contributed by atoms with Gasteiger partial charge in [0.15, 0.2) is 5.82 Å². The van der Waals surface area contributed by atoms with Gasteiger partial charge >= 0.3 is 0 Å². The van der Waals surface area contributed by atoms with Crippen LogP contribution in [0.15, 0.2) is 22.9 Å². The zero-order valence-corrected chi connectivity index (χ0v) is 9.42. The lowest BCUT2D eigenvalue weighted by Gasteiger charge is -2.08. The zero-order chi connectivity index (χ0) is 11.5. The Balaban J connectivity index is 2.17. The first-order chi connectivity index (χ1) is 7.70. The Morgan fingerprint density at radius 3 is 3.00 bits per heavy atom. The molecule has 0 aliphatic heterocycles. The first kappa shape index (κ1) is 10.9. The summed E-state index contributed by atoms with van der Waals surface area (Å²) in [5.74, 6) is 1.27. The summed E-state index contributed by atoms with van der Waals surface area (Å²) in [6.45, 7) is 4.21. The molecule has 1 N–H and O–H groups in total. The highest BCUT2D eigenvalue weighted by Crippen LogP contribution is 2.14. The van der Waals surface area contributed by atoms with Gasteiger partial charge in [0, 0.05) is 18.3 Å². The van der Waals surface area contributed by atoms with Crippen LogP contribution in [-0.2, 0) is 13.0 Å². The van der Waals surface area contributed by atoms with Gasteiger partial charge in [-0.25, -0.2) is 0 Å². The zero-order valence-electron chi connectivity index (χ0n) is 9.42. The van der Waals surface area contributed by atoms with Crippen molar-refractivity contribution in [2.45, 2.75) is 32.9 Å². The molecule has 0 bridgehead atoms.